The molecular formula is C23H26N2O4. The molecule has 0 N–H and O–H groups in total. The summed E-state index contributed by atoms with van der Waals surface area (Å²) in [7, 11) is 3.20. The standard InChI is InChI=1S/C23H26N2O4/c1-17(26)18-4-8-20(9-5-18)24-12-14-25(15-13-24)23(27)11-7-19-6-10-21(28-2)16-22(19)29-3/h4-11,16H,12-15H2,1-3H3/b11-7+. The quantitative estimate of drug-likeness (QED) is 0.556. The maximum Gasteiger partial charge on any atom is 0.246 e. The van der Waals surface area contributed by atoms with Gasteiger partial charge in [0.25, 0.3) is 0 Å². The first-order valence-electron chi connectivity index (χ1n) is 9.57. The lowest BCUT2D eigenvalue weighted by Gasteiger charge is -2.35. The van der Waals surface area contributed by atoms with E-state index in [0.717, 1.165) is 24.3 Å². The topological polar surface area (TPSA) is 59.1 Å². The molecule has 1 fully saturated rings. The number of ketones is 1. The van der Waals surface area contributed by atoms with Crippen molar-refractivity contribution in [1.29, 1.82) is 0 Å². The van der Waals surface area contributed by atoms with Gasteiger partial charge in [0.1, 0.15) is 11.5 Å². The largest absolute Gasteiger partial charge is 0.497 e. The van der Waals surface area contributed by atoms with E-state index in [4.69, 9.17) is 9.47 Å². The van der Waals surface area contributed by atoms with Gasteiger partial charge in [-0.3, -0.25) is 9.59 Å². The normalized spacial score (nSPS) is 14.2. The third-order valence-corrected chi connectivity index (χ3v) is 5.08. The number of amides is 1. The Bertz CT molecular complexity index is 898. The highest BCUT2D eigenvalue weighted by Crippen LogP contribution is 2.25. The van der Waals surface area contributed by atoms with E-state index in [1.807, 2.05) is 41.3 Å². The monoisotopic (exact) mass is 394 g/mol. The predicted octanol–water partition coefficient (Wildman–Crippen LogP) is 3.27. The summed E-state index contributed by atoms with van der Waals surface area (Å²) in [6.07, 6.45) is 3.36. The van der Waals surface area contributed by atoms with E-state index >= 15 is 0 Å². The molecule has 0 saturated carbocycles. The van der Waals surface area contributed by atoms with Crippen LogP contribution in [0.5, 0.6) is 11.5 Å². The van der Waals surface area contributed by atoms with E-state index in [2.05, 4.69) is 4.90 Å². The molecule has 2 aromatic carbocycles. The van der Waals surface area contributed by atoms with Crippen LogP contribution in [0.4, 0.5) is 5.69 Å². The Morgan fingerprint density at radius 1 is 0.931 bits per heavy atom. The molecule has 0 aliphatic carbocycles. The average molecular weight is 394 g/mol. The zero-order valence-corrected chi connectivity index (χ0v) is 17.1. The Balaban J connectivity index is 1.58. The van der Waals surface area contributed by atoms with Crippen molar-refractivity contribution in [2.75, 3.05) is 45.3 Å². The number of methoxy groups -OCH3 is 2. The Hall–Kier alpha value is -3.28. The molecular weight excluding hydrogens is 368 g/mol. The van der Waals surface area contributed by atoms with Crippen LogP contribution in [0, 0.1) is 0 Å². The highest BCUT2D eigenvalue weighted by atomic mass is 16.5. The molecule has 0 spiro atoms. The zero-order chi connectivity index (χ0) is 20.8. The minimum Gasteiger partial charge on any atom is -0.497 e. The Kier molecular flexibility index (Phi) is 6.54. The number of ether oxygens (including phenoxy) is 2. The number of rotatable bonds is 6. The van der Waals surface area contributed by atoms with E-state index in [1.54, 1.807) is 39.4 Å². The molecule has 1 aliphatic rings. The van der Waals surface area contributed by atoms with Crippen LogP contribution in [0.15, 0.2) is 48.5 Å². The van der Waals surface area contributed by atoms with Gasteiger partial charge in [0, 0.05) is 55.1 Å². The number of anilines is 1. The second-order valence-corrected chi connectivity index (χ2v) is 6.86. The summed E-state index contributed by atoms with van der Waals surface area (Å²) in [4.78, 5) is 28.0. The first-order chi connectivity index (χ1) is 14.0. The third kappa shape index (κ3) is 4.96. The van der Waals surface area contributed by atoms with Crippen molar-refractivity contribution in [3.63, 3.8) is 0 Å². The first-order valence-corrected chi connectivity index (χ1v) is 9.57. The molecule has 0 radical (unpaired) electrons. The van der Waals surface area contributed by atoms with Crippen molar-refractivity contribution >= 4 is 23.5 Å². The van der Waals surface area contributed by atoms with Gasteiger partial charge in [0.15, 0.2) is 5.78 Å². The number of nitrogens with zero attached hydrogens (tertiary/aromatic N) is 2. The van der Waals surface area contributed by atoms with Gasteiger partial charge in [-0.2, -0.15) is 0 Å². The van der Waals surface area contributed by atoms with Crippen molar-refractivity contribution in [2.45, 2.75) is 6.92 Å². The molecule has 6 heteroatoms. The number of benzene rings is 2. The van der Waals surface area contributed by atoms with Crippen molar-refractivity contribution in [3.8, 4) is 11.5 Å². The summed E-state index contributed by atoms with van der Waals surface area (Å²) >= 11 is 0. The van der Waals surface area contributed by atoms with Crippen molar-refractivity contribution in [1.82, 2.24) is 4.90 Å². The molecule has 3 rings (SSSR count). The van der Waals surface area contributed by atoms with Gasteiger partial charge in [-0.1, -0.05) is 0 Å². The Morgan fingerprint density at radius 2 is 1.62 bits per heavy atom. The molecule has 1 heterocycles. The zero-order valence-electron chi connectivity index (χ0n) is 17.1. The fraction of sp³-hybridized carbons (Fsp3) is 0.304. The number of piperazine rings is 1. The number of hydrogen-bond acceptors (Lipinski definition) is 5. The summed E-state index contributed by atoms with van der Waals surface area (Å²) in [6.45, 7) is 4.37. The van der Waals surface area contributed by atoms with Crippen LogP contribution in [0.2, 0.25) is 0 Å². The van der Waals surface area contributed by atoms with Gasteiger partial charge in [0.2, 0.25) is 5.91 Å². The Labute approximate surface area is 171 Å². The van der Waals surface area contributed by atoms with E-state index in [1.165, 1.54) is 0 Å². The molecule has 0 unspecified atom stereocenters. The summed E-state index contributed by atoms with van der Waals surface area (Å²) in [5.41, 5.74) is 2.60. The predicted molar refractivity (Wildman–Crippen MR) is 114 cm³/mol. The summed E-state index contributed by atoms with van der Waals surface area (Å²) < 4.78 is 10.6. The SMILES string of the molecule is COc1ccc(/C=C/C(=O)N2CCN(c3ccc(C(C)=O)cc3)CC2)c(OC)c1. The van der Waals surface area contributed by atoms with Crippen LogP contribution in [0.1, 0.15) is 22.8 Å². The fourth-order valence-electron chi connectivity index (χ4n) is 3.31. The third-order valence-electron chi connectivity index (χ3n) is 5.08. The van der Waals surface area contributed by atoms with Crippen LogP contribution < -0.4 is 14.4 Å². The van der Waals surface area contributed by atoms with Crippen molar-refractivity contribution < 1.29 is 19.1 Å². The first kappa shape index (κ1) is 20.5. The van der Waals surface area contributed by atoms with Crippen LogP contribution in [0.3, 0.4) is 0 Å². The van der Waals surface area contributed by atoms with Crippen molar-refractivity contribution in [2.24, 2.45) is 0 Å². The maximum atomic E-state index is 12.6. The van der Waals surface area contributed by atoms with Gasteiger partial charge >= 0.3 is 0 Å². The minimum absolute atomic E-state index is 0.0190. The molecule has 0 atom stereocenters. The van der Waals surface area contributed by atoms with Crippen LogP contribution in [-0.4, -0.2) is 57.0 Å². The molecule has 2 aromatic rings. The summed E-state index contributed by atoms with van der Waals surface area (Å²) in [5, 5.41) is 0. The lowest BCUT2D eigenvalue weighted by Crippen LogP contribution is -2.48. The van der Waals surface area contributed by atoms with Crippen LogP contribution in [0.25, 0.3) is 6.08 Å². The summed E-state index contributed by atoms with van der Waals surface area (Å²) in [5.74, 6) is 1.41. The molecule has 1 amide bonds. The highest BCUT2D eigenvalue weighted by Gasteiger charge is 2.20. The second kappa shape index (κ2) is 9.28. The molecule has 1 saturated heterocycles. The van der Waals surface area contributed by atoms with E-state index in [-0.39, 0.29) is 11.7 Å². The molecule has 29 heavy (non-hydrogen) atoms. The fourth-order valence-corrected chi connectivity index (χ4v) is 3.31. The number of hydrogen-bond donors (Lipinski definition) is 0. The van der Waals surface area contributed by atoms with E-state index in [9.17, 15) is 9.59 Å². The number of carbonyl (C=O) groups excluding carboxylic acids is 2. The smallest absolute Gasteiger partial charge is 0.246 e. The van der Waals surface area contributed by atoms with Gasteiger partial charge in [-0.15, -0.1) is 0 Å². The van der Waals surface area contributed by atoms with Gasteiger partial charge in [-0.25, -0.2) is 0 Å². The van der Waals surface area contributed by atoms with Crippen molar-refractivity contribution in [3.05, 3.63) is 59.7 Å². The second-order valence-electron chi connectivity index (χ2n) is 6.86. The highest BCUT2D eigenvalue weighted by molar-refractivity contribution is 5.94. The lowest BCUT2D eigenvalue weighted by molar-refractivity contribution is -0.126. The average Bonchev–Trinajstić information content (AvgIpc) is 2.77. The lowest BCUT2D eigenvalue weighted by atomic mass is 10.1. The number of carbonyl (C=O) groups is 2. The molecule has 1 aliphatic heterocycles. The van der Waals surface area contributed by atoms with Gasteiger partial charge in [0.05, 0.1) is 14.2 Å². The van der Waals surface area contributed by atoms with Crippen LogP contribution in [-0.2, 0) is 4.79 Å². The summed E-state index contributed by atoms with van der Waals surface area (Å²) in [6, 6.07) is 13.1. The van der Waals surface area contributed by atoms with Crippen LogP contribution >= 0.6 is 0 Å². The van der Waals surface area contributed by atoms with Gasteiger partial charge in [-0.05, 0) is 49.4 Å². The molecule has 0 aromatic heterocycles. The van der Waals surface area contributed by atoms with E-state index in [0.29, 0.717) is 30.2 Å². The molecule has 0 bridgehead atoms. The van der Waals surface area contributed by atoms with Gasteiger partial charge < -0.3 is 19.3 Å². The minimum atomic E-state index is -0.0190. The molecule has 152 valence electrons. The number of Topliss-reactive ketones (excluding diaryl/α,β-unsaturated/α-hetero) is 1. The van der Waals surface area contributed by atoms with E-state index < -0.39 is 0 Å². The molecule has 6 nitrogen and oxygen atoms in total. The Morgan fingerprint density at radius 3 is 2.21 bits per heavy atom. The maximum absolute atomic E-state index is 12.6.